The first-order chi connectivity index (χ1) is 11.2. The second kappa shape index (κ2) is 6.86. The van der Waals surface area contributed by atoms with E-state index >= 15 is 0 Å². The predicted molar refractivity (Wildman–Crippen MR) is 87.6 cm³/mol. The fourth-order valence-corrected chi connectivity index (χ4v) is 3.05. The maximum atomic E-state index is 12.1. The average molecular weight is 315 g/mol. The maximum absolute atomic E-state index is 12.1. The third-order valence-corrected chi connectivity index (χ3v) is 4.32. The Morgan fingerprint density at radius 1 is 1.17 bits per heavy atom. The molecule has 5 heteroatoms. The van der Waals surface area contributed by atoms with Gasteiger partial charge in [-0.1, -0.05) is 19.3 Å². The lowest BCUT2D eigenvalue weighted by molar-refractivity contribution is -0.130. The van der Waals surface area contributed by atoms with Gasteiger partial charge >= 0.3 is 5.97 Å². The van der Waals surface area contributed by atoms with E-state index in [-0.39, 0.29) is 5.92 Å². The Bertz CT molecular complexity index is 657. The minimum atomic E-state index is -0.393. The van der Waals surface area contributed by atoms with Gasteiger partial charge < -0.3 is 14.2 Å². The van der Waals surface area contributed by atoms with Gasteiger partial charge in [0, 0.05) is 11.5 Å². The zero-order valence-corrected chi connectivity index (χ0v) is 13.5. The normalized spacial score (nSPS) is 20.3. The van der Waals surface area contributed by atoms with Crippen LogP contribution in [0.3, 0.4) is 0 Å². The van der Waals surface area contributed by atoms with E-state index in [4.69, 9.17) is 14.2 Å². The van der Waals surface area contributed by atoms with Crippen molar-refractivity contribution in [1.29, 1.82) is 0 Å². The van der Waals surface area contributed by atoms with E-state index in [1.54, 1.807) is 26.4 Å². The van der Waals surface area contributed by atoms with Gasteiger partial charge in [-0.3, -0.25) is 0 Å². The number of hydrogen-bond donors (Lipinski definition) is 0. The smallest absolute Gasteiger partial charge is 0.363 e. The van der Waals surface area contributed by atoms with Crippen molar-refractivity contribution in [3.8, 4) is 11.5 Å². The topological polar surface area (TPSA) is 57.1 Å². The number of benzene rings is 1. The molecule has 1 heterocycles. The molecule has 122 valence electrons. The average Bonchev–Trinajstić information content (AvgIpc) is 2.96. The van der Waals surface area contributed by atoms with Gasteiger partial charge in [0.2, 0.25) is 5.90 Å². The van der Waals surface area contributed by atoms with Crippen LogP contribution in [0, 0.1) is 5.92 Å². The summed E-state index contributed by atoms with van der Waals surface area (Å²) in [4.78, 5) is 16.5. The highest BCUT2D eigenvalue weighted by molar-refractivity contribution is 6.08. The van der Waals surface area contributed by atoms with E-state index < -0.39 is 5.97 Å². The van der Waals surface area contributed by atoms with E-state index in [2.05, 4.69) is 4.99 Å². The number of methoxy groups -OCH3 is 2. The zero-order valence-electron chi connectivity index (χ0n) is 13.5. The number of esters is 1. The Hall–Kier alpha value is -2.30. The molecule has 5 nitrogen and oxygen atoms in total. The number of cyclic esters (lactones) is 1. The molecule has 1 aromatic rings. The quantitative estimate of drug-likeness (QED) is 0.629. The summed E-state index contributed by atoms with van der Waals surface area (Å²) in [7, 11) is 3.19. The molecule has 1 aliphatic heterocycles. The van der Waals surface area contributed by atoms with Crippen LogP contribution < -0.4 is 9.47 Å². The van der Waals surface area contributed by atoms with Crippen molar-refractivity contribution in [2.24, 2.45) is 10.9 Å². The molecule has 0 amide bonds. The zero-order chi connectivity index (χ0) is 16.2. The van der Waals surface area contributed by atoms with Crippen molar-refractivity contribution in [2.45, 2.75) is 32.1 Å². The fourth-order valence-electron chi connectivity index (χ4n) is 3.05. The number of aliphatic imine (C=N–C) groups is 1. The van der Waals surface area contributed by atoms with Crippen molar-refractivity contribution >= 4 is 17.9 Å². The molecule has 2 aliphatic rings. The third kappa shape index (κ3) is 3.38. The molecular weight excluding hydrogens is 294 g/mol. The molecule has 0 N–H and O–H groups in total. The van der Waals surface area contributed by atoms with Crippen molar-refractivity contribution < 1.29 is 19.0 Å². The number of carbonyl (C=O) groups excluding carboxylic acids is 1. The lowest BCUT2D eigenvalue weighted by atomic mass is 9.89. The summed E-state index contributed by atoms with van der Waals surface area (Å²) in [5.41, 5.74) is 1.06. The van der Waals surface area contributed by atoms with Crippen LogP contribution in [-0.2, 0) is 9.53 Å². The summed E-state index contributed by atoms with van der Waals surface area (Å²) in [5, 5.41) is 0. The summed E-state index contributed by atoms with van der Waals surface area (Å²) >= 11 is 0. The van der Waals surface area contributed by atoms with Gasteiger partial charge in [0.15, 0.2) is 5.70 Å². The molecule has 0 atom stereocenters. The second-order valence-electron chi connectivity index (χ2n) is 5.81. The molecule has 0 radical (unpaired) electrons. The monoisotopic (exact) mass is 315 g/mol. The van der Waals surface area contributed by atoms with Gasteiger partial charge in [0.05, 0.1) is 14.2 Å². The van der Waals surface area contributed by atoms with E-state index in [1.165, 1.54) is 19.3 Å². The van der Waals surface area contributed by atoms with E-state index in [1.807, 2.05) is 12.1 Å². The predicted octanol–water partition coefficient (Wildman–Crippen LogP) is 3.58. The van der Waals surface area contributed by atoms with Crippen LogP contribution in [0.2, 0.25) is 0 Å². The number of rotatable bonds is 4. The van der Waals surface area contributed by atoms with Gasteiger partial charge in [0.25, 0.3) is 0 Å². The van der Waals surface area contributed by atoms with Crippen LogP contribution in [0.4, 0.5) is 0 Å². The highest BCUT2D eigenvalue weighted by Crippen LogP contribution is 2.31. The summed E-state index contributed by atoms with van der Waals surface area (Å²) in [6.07, 6.45) is 7.37. The molecule has 0 unspecified atom stereocenters. The van der Waals surface area contributed by atoms with Gasteiger partial charge in [-0.25, -0.2) is 9.79 Å². The molecule has 1 fully saturated rings. The molecular formula is C18H21NO4. The minimum Gasteiger partial charge on any atom is -0.497 e. The van der Waals surface area contributed by atoms with Crippen molar-refractivity contribution in [1.82, 2.24) is 0 Å². The van der Waals surface area contributed by atoms with Crippen LogP contribution in [0.1, 0.15) is 37.7 Å². The van der Waals surface area contributed by atoms with Gasteiger partial charge in [-0.15, -0.1) is 0 Å². The highest BCUT2D eigenvalue weighted by atomic mass is 16.6. The summed E-state index contributed by atoms with van der Waals surface area (Å²) in [5.74, 6) is 1.80. The van der Waals surface area contributed by atoms with Gasteiger partial charge in [0.1, 0.15) is 11.5 Å². The van der Waals surface area contributed by atoms with E-state index in [0.717, 1.165) is 18.4 Å². The standard InChI is InChI=1S/C18H21NO4/c1-21-14-8-9-16(22-2)13(10-14)11-15-18(20)23-17(19-15)12-6-4-3-5-7-12/h8-12H,3-7H2,1-2H3/b15-11-. The lowest BCUT2D eigenvalue weighted by Crippen LogP contribution is -2.19. The molecule has 0 spiro atoms. The van der Waals surface area contributed by atoms with Crippen LogP contribution in [0.25, 0.3) is 6.08 Å². The molecule has 1 aromatic carbocycles. The summed E-state index contributed by atoms with van der Waals surface area (Å²) in [6, 6.07) is 5.43. The number of nitrogens with zero attached hydrogens (tertiary/aromatic N) is 1. The Morgan fingerprint density at radius 3 is 2.65 bits per heavy atom. The van der Waals surface area contributed by atoms with Gasteiger partial charge in [-0.05, 0) is 37.1 Å². The van der Waals surface area contributed by atoms with Crippen LogP contribution in [0.15, 0.2) is 28.9 Å². The number of carbonyl (C=O) groups is 1. The first-order valence-electron chi connectivity index (χ1n) is 7.95. The molecule has 0 bridgehead atoms. The SMILES string of the molecule is COc1ccc(OC)c(/C=C2\N=C(C3CCCCC3)OC2=O)c1. The Morgan fingerprint density at radius 2 is 1.96 bits per heavy atom. The van der Waals surface area contributed by atoms with Crippen LogP contribution in [-0.4, -0.2) is 26.1 Å². The van der Waals surface area contributed by atoms with Crippen LogP contribution in [0.5, 0.6) is 11.5 Å². The highest BCUT2D eigenvalue weighted by Gasteiger charge is 2.30. The molecule has 1 aliphatic carbocycles. The number of ether oxygens (including phenoxy) is 3. The Labute approximate surface area is 136 Å². The molecule has 23 heavy (non-hydrogen) atoms. The Balaban J connectivity index is 1.89. The molecule has 0 aromatic heterocycles. The van der Waals surface area contributed by atoms with Crippen LogP contribution >= 0.6 is 0 Å². The van der Waals surface area contributed by atoms with E-state index in [9.17, 15) is 4.79 Å². The second-order valence-corrected chi connectivity index (χ2v) is 5.81. The summed E-state index contributed by atoms with van der Waals surface area (Å²) < 4.78 is 15.9. The molecule has 1 saturated carbocycles. The van der Waals surface area contributed by atoms with Gasteiger partial charge in [-0.2, -0.15) is 0 Å². The van der Waals surface area contributed by atoms with Crippen molar-refractivity contribution in [3.05, 3.63) is 29.5 Å². The fraction of sp³-hybridized carbons (Fsp3) is 0.444. The van der Waals surface area contributed by atoms with Crippen molar-refractivity contribution in [3.63, 3.8) is 0 Å². The minimum absolute atomic E-state index is 0.269. The maximum Gasteiger partial charge on any atom is 0.363 e. The third-order valence-electron chi connectivity index (χ3n) is 4.32. The number of hydrogen-bond acceptors (Lipinski definition) is 5. The van der Waals surface area contributed by atoms with Crippen molar-refractivity contribution in [2.75, 3.05) is 14.2 Å². The van der Waals surface area contributed by atoms with E-state index in [0.29, 0.717) is 23.1 Å². The Kier molecular flexibility index (Phi) is 4.65. The lowest BCUT2D eigenvalue weighted by Gasteiger charge is -2.19. The first kappa shape index (κ1) is 15.6. The molecule has 3 rings (SSSR count). The first-order valence-corrected chi connectivity index (χ1v) is 7.95. The summed E-state index contributed by atoms with van der Waals surface area (Å²) in [6.45, 7) is 0. The largest absolute Gasteiger partial charge is 0.497 e. The molecule has 0 saturated heterocycles.